The van der Waals surface area contributed by atoms with Crippen LogP contribution in [0.5, 0.6) is 0 Å². The van der Waals surface area contributed by atoms with Crippen LogP contribution in [-0.2, 0) is 21.1 Å². The molecule has 2 aromatic rings. The minimum atomic E-state index is -3.43. The second-order valence-electron chi connectivity index (χ2n) is 5.91. The van der Waals surface area contributed by atoms with Crippen molar-refractivity contribution < 1.29 is 17.6 Å². The minimum Gasteiger partial charge on any atom is -0.341 e. The van der Waals surface area contributed by atoms with Crippen LogP contribution in [0.4, 0.5) is 4.39 Å². The second-order valence-corrected chi connectivity index (χ2v) is 8.14. The van der Waals surface area contributed by atoms with Crippen LogP contribution in [-0.4, -0.2) is 37.6 Å². The van der Waals surface area contributed by atoms with E-state index in [-0.39, 0.29) is 24.7 Å². The number of nitrogens with zero attached hydrogens (tertiary/aromatic N) is 1. The maximum atomic E-state index is 12.9. The lowest BCUT2D eigenvalue weighted by Crippen LogP contribution is -2.32. The minimum absolute atomic E-state index is 0.132. The van der Waals surface area contributed by atoms with E-state index in [9.17, 15) is 17.6 Å². The van der Waals surface area contributed by atoms with Gasteiger partial charge in [0.15, 0.2) is 9.84 Å². The summed E-state index contributed by atoms with van der Waals surface area (Å²) in [4.78, 5) is 14.2. The maximum absolute atomic E-state index is 12.9. The van der Waals surface area contributed by atoms with Gasteiger partial charge in [-0.1, -0.05) is 30.3 Å². The normalized spacial score (nSPS) is 17.9. The lowest BCUT2D eigenvalue weighted by molar-refractivity contribution is -0.129. The van der Waals surface area contributed by atoms with Crippen LogP contribution >= 0.6 is 0 Å². The molecule has 2 aromatic carbocycles. The van der Waals surface area contributed by atoms with Gasteiger partial charge in [-0.25, -0.2) is 12.8 Å². The summed E-state index contributed by atoms with van der Waals surface area (Å²) in [6.07, 6.45) is 0.588. The van der Waals surface area contributed by atoms with Gasteiger partial charge in [-0.2, -0.15) is 0 Å². The molecule has 0 N–H and O–H groups in total. The van der Waals surface area contributed by atoms with Crippen molar-refractivity contribution in [2.24, 2.45) is 0 Å². The van der Waals surface area contributed by atoms with E-state index in [0.29, 0.717) is 17.9 Å². The highest BCUT2D eigenvalue weighted by Gasteiger charge is 2.35. The van der Waals surface area contributed by atoms with Crippen LogP contribution < -0.4 is 0 Å². The van der Waals surface area contributed by atoms with Crippen molar-refractivity contribution in [2.75, 3.05) is 13.1 Å². The zero-order chi connectivity index (χ0) is 17.2. The fraction of sp³-hybridized carbons (Fsp3) is 0.278. The molecule has 0 unspecified atom stereocenters. The molecular formula is C18H18FNO3S. The lowest BCUT2D eigenvalue weighted by Gasteiger charge is -2.17. The highest BCUT2D eigenvalue weighted by Crippen LogP contribution is 2.24. The van der Waals surface area contributed by atoms with Gasteiger partial charge in [0.25, 0.3) is 0 Å². The van der Waals surface area contributed by atoms with E-state index in [1.54, 1.807) is 47.4 Å². The van der Waals surface area contributed by atoms with Crippen LogP contribution in [0.15, 0.2) is 59.5 Å². The molecule has 1 heterocycles. The number of amides is 1. The zero-order valence-corrected chi connectivity index (χ0v) is 13.9. The predicted octanol–water partition coefficient (Wildman–Crippen LogP) is 2.44. The van der Waals surface area contributed by atoms with Crippen molar-refractivity contribution in [1.29, 1.82) is 0 Å². The number of benzene rings is 2. The maximum Gasteiger partial charge on any atom is 0.227 e. The van der Waals surface area contributed by atoms with Crippen molar-refractivity contribution in [3.8, 4) is 0 Å². The summed E-state index contributed by atoms with van der Waals surface area (Å²) in [5.41, 5.74) is 0.718. The topological polar surface area (TPSA) is 54.5 Å². The van der Waals surface area contributed by atoms with Gasteiger partial charge in [0.2, 0.25) is 5.91 Å². The quantitative estimate of drug-likeness (QED) is 0.854. The Labute approximate surface area is 140 Å². The number of carbonyl (C=O) groups is 1. The van der Waals surface area contributed by atoms with Crippen LogP contribution in [0, 0.1) is 5.82 Å². The molecule has 1 saturated heterocycles. The van der Waals surface area contributed by atoms with Crippen LogP contribution in [0.25, 0.3) is 0 Å². The standard InChI is InChI=1S/C18H18FNO3S/c19-15-8-6-14(7-9-15)12-18(21)20-11-10-17(13-20)24(22,23)16-4-2-1-3-5-16/h1-9,17H,10-13H2/t17-/m1/s1. The van der Waals surface area contributed by atoms with Gasteiger partial charge < -0.3 is 4.90 Å². The SMILES string of the molecule is O=C(Cc1ccc(F)cc1)N1CC[C@@H](S(=O)(=O)c2ccccc2)C1. The van der Waals surface area contributed by atoms with Crippen LogP contribution in [0.1, 0.15) is 12.0 Å². The van der Waals surface area contributed by atoms with E-state index >= 15 is 0 Å². The molecule has 0 aromatic heterocycles. The monoisotopic (exact) mass is 347 g/mol. The molecule has 1 amide bonds. The average molecular weight is 347 g/mol. The number of likely N-dealkylation sites (tertiary alicyclic amines) is 1. The van der Waals surface area contributed by atoms with Gasteiger partial charge in [-0.3, -0.25) is 4.79 Å². The van der Waals surface area contributed by atoms with Crippen molar-refractivity contribution in [2.45, 2.75) is 23.0 Å². The first-order valence-corrected chi connectivity index (χ1v) is 9.32. The third kappa shape index (κ3) is 3.48. The number of halogens is 1. The number of carbonyl (C=O) groups excluding carboxylic acids is 1. The Hall–Kier alpha value is -2.21. The summed E-state index contributed by atoms with van der Waals surface area (Å²) in [6, 6.07) is 14.1. The number of sulfone groups is 1. The Balaban J connectivity index is 1.66. The molecule has 126 valence electrons. The first kappa shape index (κ1) is 16.6. The molecule has 0 saturated carbocycles. The van der Waals surface area contributed by atoms with Gasteiger partial charge in [0.1, 0.15) is 5.82 Å². The van der Waals surface area contributed by atoms with Crippen molar-refractivity contribution in [3.05, 3.63) is 66.0 Å². The second kappa shape index (κ2) is 6.73. The van der Waals surface area contributed by atoms with E-state index in [1.165, 1.54) is 12.1 Å². The van der Waals surface area contributed by atoms with Gasteiger partial charge >= 0.3 is 0 Å². The Morgan fingerprint density at radius 1 is 1.08 bits per heavy atom. The number of hydrogen-bond acceptors (Lipinski definition) is 3. The summed E-state index contributed by atoms with van der Waals surface area (Å²) in [7, 11) is -3.43. The summed E-state index contributed by atoms with van der Waals surface area (Å²) < 4.78 is 38.1. The molecule has 1 atom stereocenters. The zero-order valence-electron chi connectivity index (χ0n) is 13.1. The predicted molar refractivity (Wildman–Crippen MR) is 88.7 cm³/mol. The third-order valence-electron chi connectivity index (χ3n) is 4.28. The molecule has 0 spiro atoms. The fourth-order valence-corrected chi connectivity index (χ4v) is 4.61. The highest BCUT2D eigenvalue weighted by molar-refractivity contribution is 7.92. The van der Waals surface area contributed by atoms with E-state index in [2.05, 4.69) is 0 Å². The van der Waals surface area contributed by atoms with Crippen LogP contribution in [0.3, 0.4) is 0 Å². The van der Waals surface area contributed by atoms with E-state index in [4.69, 9.17) is 0 Å². The Bertz CT molecular complexity index is 819. The molecule has 3 rings (SSSR count). The van der Waals surface area contributed by atoms with E-state index in [0.717, 1.165) is 5.56 Å². The highest BCUT2D eigenvalue weighted by atomic mass is 32.2. The molecule has 0 bridgehead atoms. The third-order valence-corrected chi connectivity index (χ3v) is 6.47. The first-order chi connectivity index (χ1) is 11.5. The van der Waals surface area contributed by atoms with Gasteiger partial charge in [-0.05, 0) is 36.2 Å². The molecular weight excluding hydrogens is 329 g/mol. The average Bonchev–Trinajstić information content (AvgIpc) is 3.09. The molecule has 1 aliphatic heterocycles. The lowest BCUT2D eigenvalue weighted by atomic mass is 10.1. The van der Waals surface area contributed by atoms with E-state index in [1.807, 2.05) is 0 Å². The molecule has 1 aliphatic rings. The van der Waals surface area contributed by atoms with Gasteiger partial charge in [-0.15, -0.1) is 0 Å². The molecule has 1 fully saturated rings. The molecule has 6 heteroatoms. The Morgan fingerprint density at radius 2 is 1.75 bits per heavy atom. The number of hydrogen-bond donors (Lipinski definition) is 0. The van der Waals surface area contributed by atoms with E-state index < -0.39 is 15.1 Å². The summed E-state index contributed by atoms with van der Waals surface area (Å²) in [6.45, 7) is 0.633. The van der Waals surface area contributed by atoms with Crippen molar-refractivity contribution >= 4 is 15.7 Å². The molecule has 4 nitrogen and oxygen atoms in total. The first-order valence-electron chi connectivity index (χ1n) is 7.78. The smallest absolute Gasteiger partial charge is 0.227 e. The molecule has 24 heavy (non-hydrogen) atoms. The molecule has 0 aliphatic carbocycles. The Morgan fingerprint density at radius 3 is 2.42 bits per heavy atom. The largest absolute Gasteiger partial charge is 0.341 e. The van der Waals surface area contributed by atoms with Crippen LogP contribution in [0.2, 0.25) is 0 Å². The fourth-order valence-electron chi connectivity index (χ4n) is 2.90. The van der Waals surface area contributed by atoms with Crippen molar-refractivity contribution in [1.82, 2.24) is 4.90 Å². The van der Waals surface area contributed by atoms with Gasteiger partial charge in [0.05, 0.1) is 16.6 Å². The Kier molecular flexibility index (Phi) is 4.66. The molecule has 0 radical (unpaired) electrons. The summed E-state index contributed by atoms with van der Waals surface area (Å²) in [5, 5.41) is -0.572. The van der Waals surface area contributed by atoms with Crippen molar-refractivity contribution in [3.63, 3.8) is 0 Å². The summed E-state index contributed by atoms with van der Waals surface area (Å²) >= 11 is 0. The summed E-state index contributed by atoms with van der Waals surface area (Å²) in [5.74, 6) is -0.478. The number of rotatable bonds is 4. The van der Waals surface area contributed by atoms with Gasteiger partial charge in [0, 0.05) is 13.1 Å².